The highest BCUT2D eigenvalue weighted by Crippen LogP contribution is 2.27. The van der Waals surface area contributed by atoms with Gasteiger partial charge in [0.1, 0.15) is 0 Å². The van der Waals surface area contributed by atoms with Crippen LogP contribution in [0.2, 0.25) is 0 Å². The smallest absolute Gasteiger partial charge is 0.334 e. The molecule has 2 aliphatic rings. The molecule has 2 rings (SSSR count). The third-order valence-corrected chi connectivity index (χ3v) is 5.53. The third kappa shape index (κ3) is 6.73. The van der Waals surface area contributed by atoms with Crippen LogP contribution in [0, 0.1) is 5.41 Å². The molecule has 174 valence electrons. The molecule has 1 unspecified atom stereocenters. The molecular weight excluding hydrogens is 412 g/mol. The SMILES string of the molecule is [2H][13CH]([2H])N1[13CH2][13CH2]N([13CH3])[13CH2][13CH]1C(C)(C)C(=O)NCCC(=O)NCCC(=O)ON1C(=O)CCC1=O. The van der Waals surface area contributed by atoms with Crippen LogP contribution in [0.25, 0.3) is 0 Å². The molecule has 1 atom stereocenters. The summed E-state index contributed by atoms with van der Waals surface area (Å²) in [4.78, 5) is 67.8. The zero-order valence-corrected chi connectivity index (χ0v) is 18.3. The van der Waals surface area contributed by atoms with E-state index in [0.717, 1.165) is 6.54 Å². The van der Waals surface area contributed by atoms with Crippen LogP contribution in [0.5, 0.6) is 0 Å². The van der Waals surface area contributed by atoms with Crippen LogP contribution in [0.15, 0.2) is 0 Å². The van der Waals surface area contributed by atoms with Crippen molar-refractivity contribution >= 4 is 29.6 Å². The Kier molecular flexibility index (Phi) is 7.47. The number of nitrogens with zero attached hydrogens (tertiary/aromatic N) is 3. The topological polar surface area (TPSA) is 128 Å². The van der Waals surface area contributed by atoms with Gasteiger partial charge in [-0.05, 0) is 27.9 Å². The molecule has 11 nitrogen and oxygen atoms in total. The number of hydrogen-bond acceptors (Lipinski definition) is 8. The molecule has 2 saturated heterocycles. The second-order valence-corrected chi connectivity index (χ2v) is 8.39. The normalized spacial score (nSPS) is 21.7. The van der Waals surface area contributed by atoms with Gasteiger partial charge in [0.2, 0.25) is 11.8 Å². The van der Waals surface area contributed by atoms with Gasteiger partial charge in [-0.3, -0.25) is 24.1 Å². The predicted octanol–water partition coefficient (Wildman–Crippen LogP) is -1.12. The van der Waals surface area contributed by atoms with Gasteiger partial charge in [-0.1, -0.05) is 0 Å². The molecule has 11 heteroatoms. The quantitative estimate of drug-likeness (QED) is 0.336. The molecule has 0 aromatic heterocycles. The number of likely N-dealkylation sites (N-methyl/N-ethyl adjacent to an activating group) is 2. The molecule has 4 amide bonds. The van der Waals surface area contributed by atoms with Crippen LogP contribution in [-0.4, -0.2) is 97.3 Å². The third-order valence-electron chi connectivity index (χ3n) is 5.53. The lowest BCUT2D eigenvalue weighted by Gasteiger charge is -2.45. The number of carbonyl (C=O) groups excluding carboxylic acids is 5. The van der Waals surface area contributed by atoms with E-state index in [1.807, 2.05) is 7.05 Å². The summed E-state index contributed by atoms with van der Waals surface area (Å²) in [6.45, 7) is 4.22. The highest BCUT2D eigenvalue weighted by atomic mass is 16.7. The summed E-state index contributed by atoms with van der Waals surface area (Å²) in [5.74, 6) is -2.60. The molecule has 0 aromatic rings. The van der Waals surface area contributed by atoms with E-state index >= 15 is 0 Å². The number of rotatable bonds is 9. The summed E-state index contributed by atoms with van der Waals surface area (Å²) in [5, 5.41) is 5.72. The van der Waals surface area contributed by atoms with E-state index in [0.29, 0.717) is 18.2 Å². The average Bonchev–Trinajstić information content (AvgIpc) is 3.05. The molecule has 0 bridgehead atoms. The largest absolute Gasteiger partial charge is 0.355 e. The number of amides is 4. The first kappa shape index (κ1) is 21.7. The Labute approximate surface area is 185 Å². The summed E-state index contributed by atoms with van der Waals surface area (Å²) in [6.07, 6.45) is -0.205. The van der Waals surface area contributed by atoms with Crippen molar-refractivity contribution < 1.29 is 31.6 Å². The number of carbonyl (C=O) groups is 5. The monoisotopic (exact) mass is 447 g/mol. The molecule has 0 spiro atoms. The van der Waals surface area contributed by atoms with Gasteiger partial charge >= 0.3 is 5.97 Å². The molecule has 31 heavy (non-hydrogen) atoms. The summed E-state index contributed by atoms with van der Waals surface area (Å²) in [7, 11) is 1.93. The van der Waals surface area contributed by atoms with E-state index in [9.17, 15) is 24.0 Å². The van der Waals surface area contributed by atoms with E-state index in [2.05, 4.69) is 15.5 Å². The number of hydroxylamine groups is 2. The number of imide groups is 1. The number of piperazine rings is 1. The lowest BCUT2D eigenvalue weighted by Crippen LogP contribution is -2.60. The minimum Gasteiger partial charge on any atom is -0.355 e. The number of nitrogens with one attached hydrogen (secondary N) is 2. The van der Waals surface area contributed by atoms with E-state index < -0.39 is 30.2 Å². The standard InChI is InChI=1S/C20H33N5O6/c1-20(2,14-13-23(3)11-12-24(14)4)19(30)22-9-7-15(26)21-10-8-18(29)31-25-16(27)5-6-17(25)28/h14H,5-13H2,1-4H3,(H,21,26)(H,22,30)/i3+1,4+1D2,11+1,12+1,13+1,14+1. The maximum absolute atomic E-state index is 12.8. The van der Waals surface area contributed by atoms with Crippen molar-refractivity contribution in [2.75, 3.05) is 46.8 Å². The summed E-state index contributed by atoms with van der Waals surface area (Å²) in [6, 6.07) is -0.314. The van der Waals surface area contributed by atoms with Crippen LogP contribution in [0.4, 0.5) is 0 Å². The first-order valence-electron chi connectivity index (χ1n) is 11.5. The fourth-order valence-electron chi connectivity index (χ4n) is 3.44. The van der Waals surface area contributed by atoms with Crippen LogP contribution in [0.1, 0.15) is 42.3 Å². The van der Waals surface area contributed by atoms with Crippen LogP contribution >= 0.6 is 0 Å². The van der Waals surface area contributed by atoms with Crippen molar-refractivity contribution in [1.82, 2.24) is 25.5 Å². The average molecular weight is 447 g/mol. The van der Waals surface area contributed by atoms with Crippen molar-refractivity contribution in [2.45, 2.75) is 45.6 Å². The highest BCUT2D eigenvalue weighted by molar-refractivity contribution is 6.01. The lowest BCUT2D eigenvalue weighted by atomic mass is 9.99. The minimum absolute atomic E-state index is 0.00619. The predicted molar refractivity (Wildman–Crippen MR) is 110 cm³/mol. The van der Waals surface area contributed by atoms with Gasteiger partial charge in [-0.2, -0.15) is 0 Å². The molecule has 0 radical (unpaired) electrons. The number of hydrogen-bond donors (Lipinski definition) is 2. The van der Waals surface area contributed by atoms with E-state index in [-0.39, 0.29) is 56.6 Å². The second-order valence-electron chi connectivity index (χ2n) is 8.39. The van der Waals surface area contributed by atoms with Crippen LogP contribution in [0.3, 0.4) is 0 Å². The first-order chi connectivity index (χ1) is 15.4. The Bertz CT molecular complexity index is 762. The summed E-state index contributed by atoms with van der Waals surface area (Å²) < 4.78 is 15.6. The van der Waals surface area contributed by atoms with Crippen molar-refractivity contribution in [2.24, 2.45) is 5.41 Å². The van der Waals surface area contributed by atoms with Crippen LogP contribution in [-0.2, 0) is 28.8 Å². The van der Waals surface area contributed by atoms with Crippen molar-refractivity contribution in [1.29, 1.82) is 0 Å². The molecule has 2 aliphatic heterocycles. The van der Waals surface area contributed by atoms with Gasteiger partial charge in [-0.15, -0.1) is 5.06 Å². The molecule has 2 heterocycles. The summed E-state index contributed by atoms with van der Waals surface area (Å²) >= 11 is 0. The molecule has 0 aromatic carbocycles. The molecule has 0 saturated carbocycles. The van der Waals surface area contributed by atoms with E-state index in [1.165, 1.54) is 0 Å². The Morgan fingerprint density at radius 2 is 1.74 bits per heavy atom. The fourth-order valence-corrected chi connectivity index (χ4v) is 3.44. The Morgan fingerprint density at radius 1 is 1.10 bits per heavy atom. The van der Waals surface area contributed by atoms with Gasteiger partial charge in [0.05, 0.1) is 11.8 Å². The van der Waals surface area contributed by atoms with Gasteiger partial charge in [0, 0.05) is 60.8 Å². The Hall–Kier alpha value is -2.53. The van der Waals surface area contributed by atoms with Crippen molar-refractivity contribution in [3.05, 3.63) is 0 Å². The Balaban J connectivity index is 1.71. The first-order valence-corrected chi connectivity index (χ1v) is 10.3. The highest BCUT2D eigenvalue weighted by Gasteiger charge is 2.41. The zero-order chi connectivity index (χ0) is 24.8. The van der Waals surface area contributed by atoms with Gasteiger partial charge in [-0.25, -0.2) is 4.79 Å². The Morgan fingerprint density at radius 3 is 2.39 bits per heavy atom. The van der Waals surface area contributed by atoms with Gasteiger partial charge < -0.3 is 20.4 Å². The zero-order valence-electron chi connectivity index (χ0n) is 20.3. The maximum atomic E-state index is 12.8. The molecule has 2 fully saturated rings. The molecular formula is C20H33N5O6. The minimum atomic E-state index is -1.17. The van der Waals surface area contributed by atoms with Crippen LogP contribution < -0.4 is 10.6 Å². The van der Waals surface area contributed by atoms with Crippen molar-refractivity contribution in [3.63, 3.8) is 0 Å². The van der Waals surface area contributed by atoms with Crippen molar-refractivity contribution in [3.8, 4) is 0 Å². The van der Waals surface area contributed by atoms with Gasteiger partial charge in [0.15, 0.2) is 0 Å². The second kappa shape index (κ2) is 10.7. The maximum Gasteiger partial charge on any atom is 0.334 e. The van der Waals surface area contributed by atoms with Gasteiger partial charge in [0.25, 0.3) is 11.8 Å². The lowest BCUT2D eigenvalue weighted by molar-refractivity contribution is -0.197. The fraction of sp³-hybridized carbons (Fsp3) is 0.750. The van der Waals surface area contributed by atoms with E-state index in [1.54, 1.807) is 18.7 Å². The molecule has 2 N–H and O–H groups in total. The summed E-state index contributed by atoms with van der Waals surface area (Å²) in [5.41, 5.74) is -0.875. The molecule has 0 aliphatic carbocycles. The van der Waals surface area contributed by atoms with E-state index in [4.69, 9.17) is 7.58 Å².